The monoisotopic (exact) mass is 457 g/mol. The number of benzene rings is 4. The molecule has 0 amide bonds. The molecule has 9 heteroatoms. The number of nitrogens with one attached hydrogen (secondary N) is 1. The van der Waals surface area contributed by atoms with Gasteiger partial charge in [-0.3, -0.25) is 9.59 Å². The third-order valence-electron chi connectivity index (χ3n) is 4.76. The van der Waals surface area contributed by atoms with Gasteiger partial charge in [0.25, 0.3) is 0 Å². The van der Waals surface area contributed by atoms with Crippen LogP contribution in [0.4, 0.5) is 0 Å². The van der Waals surface area contributed by atoms with Crippen LogP contribution < -0.4 is 10.9 Å². The number of hydrogen-bond donors (Lipinski definition) is 2. The van der Waals surface area contributed by atoms with Crippen molar-refractivity contribution in [2.45, 2.75) is 6.92 Å². The Balaban J connectivity index is 0.000000418. The second-order valence-electron chi connectivity index (χ2n) is 7.13. The van der Waals surface area contributed by atoms with Crippen LogP contribution in [0.5, 0.6) is 5.75 Å². The molecule has 0 saturated carbocycles. The number of phenolic OH excluding ortho intramolecular Hbond substituents is 1. The highest BCUT2D eigenvalue weighted by atomic mass is 35.7. The van der Waals surface area contributed by atoms with Gasteiger partial charge >= 0.3 is 0 Å². The molecule has 0 saturated heterocycles. The lowest BCUT2D eigenvalue weighted by molar-refractivity contribution is 0.480. The highest BCUT2D eigenvalue weighted by Crippen LogP contribution is 2.31. The molecular formula is C22H16ClNO6S. The lowest BCUT2D eigenvalue weighted by Crippen LogP contribution is -2.13. The summed E-state index contributed by atoms with van der Waals surface area (Å²) in [6, 6.07) is 13.6. The number of aryl methyl sites for hydroxylation is 1. The zero-order valence-electron chi connectivity index (χ0n) is 16.4. The largest absolute Gasteiger partial charge is 0.507 e. The van der Waals surface area contributed by atoms with Crippen LogP contribution in [-0.2, 0) is 9.05 Å². The molecule has 1 heterocycles. The van der Waals surface area contributed by atoms with Crippen molar-refractivity contribution in [1.29, 1.82) is 0 Å². The Morgan fingerprint density at radius 1 is 0.935 bits per heavy atom. The number of aromatic hydroxyl groups is 1. The van der Waals surface area contributed by atoms with Gasteiger partial charge in [-0.2, -0.15) is 0 Å². The number of phenols is 1. The maximum Gasteiger partial charge on any atom is 0.229 e. The molecule has 5 rings (SSSR count). The van der Waals surface area contributed by atoms with Crippen LogP contribution in [0.25, 0.3) is 43.7 Å². The summed E-state index contributed by atoms with van der Waals surface area (Å²) in [6.07, 6.45) is 0.925. The van der Waals surface area contributed by atoms with E-state index in [4.69, 9.17) is 4.42 Å². The average Bonchev–Trinajstić information content (AvgIpc) is 2.69. The molecule has 0 aliphatic carbocycles. The van der Waals surface area contributed by atoms with E-state index in [1.54, 1.807) is 24.3 Å². The van der Waals surface area contributed by atoms with Gasteiger partial charge in [-0.05, 0) is 24.6 Å². The Hall–Kier alpha value is -3.36. The van der Waals surface area contributed by atoms with E-state index in [0.29, 0.717) is 33.0 Å². The maximum absolute atomic E-state index is 13.1. The molecule has 0 fully saturated rings. The van der Waals surface area contributed by atoms with Gasteiger partial charge in [0.05, 0.1) is 28.1 Å². The third-order valence-corrected chi connectivity index (χ3v) is 4.76. The Kier molecular flexibility index (Phi) is 4.99. The minimum absolute atomic E-state index is 0.0136. The summed E-state index contributed by atoms with van der Waals surface area (Å²) in [5.74, 6) is -0.260. The first-order valence-corrected chi connectivity index (χ1v) is 11.8. The number of aromatic nitrogens is 1. The van der Waals surface area contributed by atoms with Crippen LogP contribution in [0.1, 0.15) is 5.56 Å². The molecule has 158 valence electrons. The average molecular weight is 458 g/mol. The molecule has 7 nitrogen and oxygen atoms in total. The first kappa shape index (κ1) is 20.9. The second-order valence-corrected chi connectivity index (χ2v) is 10.2. The van der Waals surface area contributed by atoms with Crippen molar-refractivity contribution in [3.63, 3.8) is 0 Å². The van der Waals surface area contributed by atoms with E-state index in [1.807, 2.05) is 25.1 Å². The lowest BCUT2D eigenvalue weighted by atomic mass is 10.0. The van der Waals surface area contributed by atoms with Gasteiger partial charge in [0.15, 0.2) is 22.0 Å². The predicted octanol–water partition coefficient (Wildman–Crippen LogP) is 4.14. The molecule has 4 aromatic carbocycles. The highest BCUT2D eigenvalue weighted by molar-refractivity contribution is 8.13. The molecule has 5 aromatic rings. The Bertz CT molecular complexity index is 1730. The van der Waals surface area contributed by atoms with E-state index in [9.17, 15) is 23.1 Å². The molecule has 0 radical (unpaired) electrons. The van der Waals surface area contributed by atoms with E-state index in [-0.39, 0.29) is 27.4 Å². The third kappa shape index (κ3) is 3.87. The molecule has 1 aromatic heterocycles. The van der Waals surface area contributed by atoms with Gasteiger partial charge < -0.3 is 14.5 Å². The first-order valence-electron chi connectivity index (χ1n) is 9.08. The maximum atomic E-state index is 13.1. The Morgan fingerprint density at radius 3 is 2.13 bits per heavy atom. The van der Waals surface area contributed by atoms with E-state index < -0.39 is 9.05 Å². The molecular weight excluding hydrogens is 442 g/mol. The number of aromatic amines is 1. The smallest absolute Gasteiger partial charge is 0.229 e. The molecule has 0 atom stereocenters. The van der Waals surface area contributed by atoms with Crippen molar-refractivity contribution in [3.05, 3.63) is 74.5 Å². The van der Waals surface area contributed by atoms with E-state index >= 15 is 0 Å². The van der Waals surface area contributed by atoms with Gasteiger partial charge in [-0.1, -0.05) is 30.3 Å². The van der Waals surface area contributed by atoms with Gasteiger partial charge in [0.2, 0.25) is 9.05 Å². The molecule has 31 heavy (non-hydrogen) atoms. The van der Waals surface area contributed by atoms with Crippen molar-refractivity contribution in [2.24, 2.45) is 0 Å². The minimum atomic E-state index is -3.19. The number of hydrogen-bond acceptors (Lipinski definition) is 6. The van der Waals surface area contributed by atoms with Crippen molar-refractivity contribution < 1.29 is 17.9 Å². The van der Waals surface area contributed by atoms with Crippen LogP contribution in [-0.4, -0.2) is 24.8 Å². The topological polar surface area (TPSA) is 117 Å². The summed E-state index contributed by atoms with van der Waals surface area (Å²) in [5.41, 5.74) is 2.38. The molecule has 2 N–H and O–H groups in total. The summed E-state index contributed by atoms with van der Waals surface area (Å²) >= 11 is 0. The summed E-state index contributed by atoms with van der Waals surface area (Å²) in [6.45, 7) is 1.95. The van der Waals surface area contributed by atoms with Crippen molar-refractivity contribution >= 4 is 63.5 Å². The molecule has 0 spiro atoms. The van der Waals surface area contributed by atoms with Crippen molar-refractivity contribution in [2.75, 3.05) is 6.26 Å². The normalized spacial score (nSPS) is 11.7. The van der Waals surface area contributed by atoms with Gasteiger partial charge in [0.1, 0.15) is 5.75 Å². The molecule has 0 aliphatic rings. The Morgan fingerprint density at radius 2 is 1.52 bits per heavy atom. The lowest BCUT2D eigenvalue weighted by Gasteiger charge is -2.09. The van der Waals surface area contributed by atoms with Gasteiger partial charge in [-0.15, -0.1) is 0 Å². The quantitative estimate of drug-likeness (QED) is 0.205. The van der Waals surface area contributed by atoms with Crippen LogP contribution in [0.3, 0.4) is 0 Å². The minimum Gasteiger partial charge on any atom is -0.507 e. The molecule has 0 bridgehead atoms. The number of fused-ring (bicyclic) bond motifs is 5. The number of rotatable bonds is 0. The zero-order valence-corrected chi connectivity index (χ0v) is 18.0. The fraction of sp³-hybridized carbons (Fsp3) is 0.0909. The zero-order chi connectivity index (χ0) is 22.5. The summed E-state index contributed by atoms with van der Waals surface area (Å²) in [5, 5.41) is 11.2. The number of halogens is 1. The van der Waals surface area contributed by atoms with Crippen LogP contribution in [0, 0.1) is 6.92 Å². The summed E-state index contributed by atoms with van der Waals surface area (Å²) in [7, 11) is 1.31. The fourth-order valence-electron chi connectivity index (χ4n) is 3.54. The van der Waals surface area contributed by atoms with Gasteiger partial charge in [-0.25, -0.2) is 8.42 Å². The standard InChI is InChI=1S/C21H13NO4.CH3ClO2S/c1-10-6-7-15-13(8-10)22-19-16(26-15)9-14(23)17-18(19)21(25)12-5-3-2-4-11(12)20(17)24;1-5(2,3)4/h2-9,22-23H,1H3;1H3. The molecule has 0 unspecified atom stereocenters. The predicted molar refractivity (Wildman–Crippen MR) is 123 cm³/mol. The first-order chi connectivity index (χ1) is 14.5. The summed E-state index contributed by atoms with van der Waals surface area (Å²) in [4.78, 5) is 29.2. The van der Waals surface area contributed by atoms with E-state index in [2.05, 4.69) is 15.7 Å². The molecule has 0 aliphatic heterocycles. The summed E-state index contributed by atoms with van der Waals surface area (Å²) < 4.78 is 24.7. The van der Waals surface area contributed by atoms with Crippen LogP contribution in [0.15, 0.2) is 62.5 Å². The SMILES string of the molecule is CS(=O)(=O)Cl.Cc1ccc2oc3cc(O)c4c(=O)c5ccccc5c(=O)c4c3[nH]c2c1. The van der Waals surface area contributed by atoms with Gasteiger partial charge in [0, 0.05) is 27.5 Å². The van der Waals surface area contributed by atoms with E-state index in [1.165, 1.54) is 6.07 Å². The van der Waals surface area contributed by atoms with Crippen LogP contribution >= 0.6 is 10.7 Å². The number of H-pyrrole nitrogens is 1. The van der Waals surface area contributed by atoms with Crippen molar-refractivity contribution in [3.8, 4) is 5.75 Å². The van der Waals surface area contributed by atoms with Crippen LogP contribution in [0.2, 0.25) is 0 Å². The highest BCUT2D eigenvalue weighted by Gasteiger charge is 2.18. The van der Waals surface area contributed by atoms with E-state index in [0.717, 1.165) is 11.8 Å². The second kappa shape index (κ2) is 7.40. The Labute approximate surface area is 179 Å². The van der Waals surface area contributed by atoms with Crippen molar-refractivity contribution in [1.82, 2.24) is 4.98 Å². The fourth-order valence-corrected chi connectivity index (χ4v) is 3.54.